The van der Waals surface area contributed by atoms with E-state index in [0.29, 0.717) is 5.56 Å². The number of nitrogens with zero attached hydrogens (tertiary/aromatic N) is 2. The van der Waals surface area contributed by atoms with Crippen LogP contribution < -0.4 is 5.32 Å². The molecule has 0 unspecified atom stereocenters. The summed E-state index contributed by atoms with van der Waals surface area (Å²) >= 11 is 3.41. The number of nitriles is 1. The number of hydrogen-bond acceptors (Lipinski definition) is 3. The second kappa shape index (κ2) is 5.55. The Morgan fingerprint density at radius 1 is 1.10 bits per heavy atom. The summed E-state index contributed by atoms with van der Waals surface area (Å²) in [6.07, 6.45) is 0. The van der Waals surface area contributed by atoms with Crippen LogP contribution in [0.3, 0.4) is 0 Å². The van der Waals surface area contributed by atoms with Gasteiger partial charge in [-0.2, -0.15) is 5.26 Å². The Morgan fingerprint density at radius 2 is 1.90 bits per heavy atom. The molecule has 0 radical (unpaired) electrons. The van der Waals surface area contributed by atoms with E-state index in [9.17, 15) is 5.26 Å². The summed E-state index contributed by atoms with van der Waals surface area (Å²) in [6, 6.07) is 17.8. The van der Waals surface area contributed by atoms with Crippen molar-refractivity contribution in [3.8, 4) is 6.07 Å². The number of rotatable bonds is 2. The Kier molecular flexibility index (Phi) is 3.59. The van der Waals surface area contributed by atoms with Crippen molar-refractivity contribution in [1.82, 2.24) is 4.98 Å². The second-order valence-corrected chi connectivity index (χ2v) is 5.58. The molecule has 102 valence electrons. The molecule has 0 aliphatic rings. The summed E-state index contributed by atoms with van der Waals surface area (Å²) in [5.41, 5.74) is 4.20. The highest BCUT2D eigenvalue weighted by molar-refractivity contribution is 9.10. The molecule has 0 spiro atoms. The SMILES string of the molecule is Cc1cc(Nc2cccc(Br)c2C#N)c2ccccc2n1. The third kappa shape index (κ3) is 2.61. The van der Waals surface area contributed by atoms with Gasteiger partial charge in [0.2, 0.25) is 0 Å². The molecule has 3 rings (SSSR count). The molecule has 0 amide bonds. The fraction of sp³-hybridized carbons (Fsp3) is 0.0588. The molecule has 21 heavy (non-hydrogen) atoms. The zero-order valence-electron chi connectivity index (χ0n) is 11.4. The number of fused-ring (bicyclic) bond motifs is 1. The van der Waals surface area contributed by atoms with Gasteiger partial charge in [0, 0.05) is 21.2 Å². The molecule has 0 fully saturated rings. The van der Waals surface area contributed by atoms with Crippen LogP contribution in [-0.4, -0.2) is 4.98 Å². The predicted molar refractivity (Wildman–Crippen MR) is 88.6 cm³/mol. The number of aromatic nitrogens is 1. The topological polar surface area (TPSA) is 48.7 Å². The Hall–Kier alpha value is -2.38. The minimum Gasteiger partial charge on any atom is -0.354 e. The molecule has 3 aromatic rings. The zero-order valence-corrected chi connectivity index (χ0v) is 13.0. The van der Waals surface area contributed by atoms with Crippen molar-refractivity contribution in [1.29, 1.82) is 5.26 Å². The molecule has 0 saturated carbocycles. The first-order chi connectivity index (χ1) is 10.2. The molecule has 0 atom stereocenters. The first-order valence-electron chi connectivity index (χ1n) is 6.51. The van der Waals surface area contributed by atoms with Crippen molar-refractivity contribution < 1.29 is 0 Å². The lowest BCUT2D eigenvalue weighted by Gasteiger charge is -2.12. The molecule has 1 aromatic heterocycles. The van der Waals surface area contributed by atoms with Gasteiger partial charge in [-0.25, -0.2) is 0 Å². The van der Waals surface area contributed by atoms with Crippen molar-refractivity contribution in [3.63, 3.8) is 0 Å². The molecule has 1 heterocycles. The highest BCUT2D eigenvalue weighted by Gasteiger charge is 2.09. The van der Waals surface area contributed by atoms with Gasteiger partial charge >= 0.3 is 0 Å². The van der Waals surface area contributed by atoms with Crippen molar-refractivity contribution in [2.45, 2.75) is 6.92 Å². The van der Waals surface area contributed by atoms with Gasteiger partial charge in [-0.1, -0.05) is 24.3 Å². The van der Waals surface area contributed by atoms with E-state index in [1.54, 1.807) is 0 Å². The Labute approximate surface area is 131 Å². The summed E-state index contributed by atoms with van der Waals surface area (Å²) in [7, 11) is 0. The maximum atomic E-state index is 9.31. The smallest absolute Gasteiger partial charge is 0.103 e. The fourth-order valence-electron chi connectivity index (χ4n) is 2.30. The number of halogens is 1. The van der Waals surface area contributed by atoms with Crippen LogP contribution in [0.1, 0.15) is 11.3 Å². The van der Waals surface area contributed by atoms with E-state index in [1.807, 2.05) is 55.5 Å². The summed E-state index contributed by atoms with van der Waals surface area (Å²) in [5, 5.41) is 13.7. The van der Waals surface area contributed by atoms with Crippen molar-refractivity contribution in [2.24, 2.45) is 0 Å². The van der Waals surface area contributed by atoms with Crippen LogP contribution >= 0.6 is 15.9 Å². The van der Waals surface area contributed by atoms with Gasteiger partial charge < -0.3 is 5.32 Å². The molecule has 0 aliphatic heterocycles. The molecule has 1 N–H and O–H groups in total. The standard InChI is InChI=1S/C17H12BrN3/c1-11-9-17(12-5-2-3-7-15(12)20-11)21-16-8-4-6-14(18)13(16)10-19/h2-9H,1H3,(H,20,21). The van der Waals surface area contributed by atoms with Crippen molar-refractivity contribution in [2.75, 3.05) is 5.32 Å². The van der Waals surface area contributed by atoms with Crippen LogP contribution in [-0.2, 0) is 0 Å². The van der Waals surface area contributed by atoms with Gasteiger partial charge in [0.1, 0.15) is 6.07 Å². The lowest BCUT2D eigenvalue weighted by molar-refractivity contribution is 1.25. The predicted octanol–water partition coefficient (Wildman–Crippen LogP) is 4.92. The van der Waals surface area contributed by atoms with Crippen molar-refractivity contribution in [3.05, 3.63) is 64.3 Å². The van der Waals surface area contributed by atoms with Crippen LogP contribution in [0.25, 0.3) is 10.9 Å². The first kappa shape index (κ1) is 13.6. The molecular formula is C17H12BrN3. The van der Waals surface area contributed by atoms with Crippen LogP contribution in [0.2, 0.25) is 0 Å². The molecule has 2 aromatic carbocycles. The van der Waals surface area contributed by atoms with Gasteiger partial charge in [0.15, 0.2) is 0 Å². The fourth-order valence-corrected chi connectivity index (χ4v) is 2.75. The summed E-state index contributed by atoms with van der Waals surface area (Å²) in [6.45, 7) is 1.96. The van der Waals surface area contributed by atoms with Crippen LogP contribution in [0.15, 0.2) is 53.0 Å². The molecular weight excluding hydrogens is 326 g/mol. The molecule has 4 heteroatoms. The van der Waals surface area contributed by atoms with E-state index in [0.717, 1.165) is 32.4 Å². The maximum Gasteiger partial charge on any atom is 0.103 e. The molecule has 0 aliphatic carbocycles. The molecule has 0 saturated heterocycles. The monoisotopic (exact) mass is 337 g/mol. The van der Waals surface area contributed by atoms with E-state index in [4.69, 9.17) is 0 Å². The average Bonchev–Trinajstić information content (AvgIpc) is 2.47. The van der Waals surface area contributed by atoms with Crippen LogP contribution in [0.4, 0.5) is 11.4 Å². The third-order valence-electron chi connectivity index (χ3n) is 3.24. The number of pyridine rings is 1. The highest BCUT2D eigenvalue weighted by atomic mass is 79.9. The number of hydrogen-bond donors (Lipinski definition) is 1. The lowest BCUT2D eigenvalue weighted by Crippen LogP contribution is -1.97. The van der Waals surface area contributed by atoms with Crippen LogP contribution in [0, 0.1) is 18.3 Å². The normalized spacial score (nSPS) is 10.3. The lowest BCUT2D eigenvalue weighted by atomic mass is 10.1. The number of para-hydroxylation sites is 1. The average molecular weight is 338 g/mol. The van der Waals surface area contributed by atoms with Crippen molar-refractivity contribution >= 4 is 38.2 Å². The van der Waals surface area contributed by atoms with Gasteiger partial charge in [-0.05, 0) is 47.1 Å². The Bertz CT molecular complexity index is 866. The first-order valence-corrected chi connectivity index (χ1v) is 7.30. The minimum absolute atomic E-state index is 0.594. The maximum absolute atomic E-state index is 9.31. The number of aryl methyl sites for hydroxylation is 1. The molecule has 3 nitrogen and oxygen atoms in total. The minimum atomic E-state index is 0.594. The summed E-state index contributed by atoms with van der Waals surface area (Å²) in [4.78, 5) is 4.52. The third-order valence-corrected chi connectivity index (χ3v) is 3.90. The number of benzene rings is 2. The largest absolute Gasteiger partial charge is 0.354 e. The zero-order chi connectivity index (χ0) is 14.8. The van der Waals surface area contributed by atoms with Gasteiger partial charge in [-0.3, -0.25) is 4.98 Å². The Morgan fingerprint density at radius 3 is 2.71 bits per heavy atom. The summed E-state index contributed by atoms with van der Waals surface area (Å²) in [5.74, 6) is 0. The Balaban J connectivity index is 2.15. The van der Waals surface area contributed by atoms with E-state index >= 15 is 0 Å². The van der Waals surface area contributed by atoms with Gasteiger partial charge in [0.05, 0.1) is 16.8 Å². The van der Waals surface area contributed by atoms with E-state index in [2.05, 4.69) is 32.3 Å². The van der Waals surface area contributed by atoms with Crippen LogP contribution in [0.5, 0.6) is 0 Å². The quantitative estimate of drug-likeness (QED) is 0.721. The molecule has 0 bridgehead atoms. The van der Waals surface area contributed by atoms with Gasteiger partial charge in [-0.15, -0.1) is 0 Å². The second-order valence-electron chi connectivity index (χ2n) is 4.73. The van der Waals surface area contributed by atoms with E-state index in [-0.39, 0.29) is 0 Å². The van der Waals surface area contributed by atoms with Gasteiger partial charge in [0.25, 0.3) is 0 Å². The van der Waals surface area contributed by atoms with E-state index < -0.39 is 0 Å². The number of anilines is 2. The number of nitrogens with one attached hydrogen (secondary N) is 1. The summed E-state index contributed by atoms with van der Waals surface area (Å²) < 4.78 is 0.782. The van der Waals surface area contributed by atoms with E-state index in [1.165, 1.54) is 0 Å². The highest BCUT2D eigenvalue weighted by Crippen LogP contribution is 2.30.